The summed E-state index contributed by atoms with van der Waals surface area (Å²) in [7, 11) is 1.77. The fourth-order valence-corrected chi connectivity index (χ4v) is 4.62. The minimum absolute atomic E-state index is 0.0379. The number of amides is 1. The van der Waals surface area contributed by atoms with Crippen molar-refractivity contribution in [3.63, 3.8) is 0 Å². The third kappa shape index (κ3) is 5.20. The van der Waals surface area contributed by atoms with E-state index in [9.17, 15) is 9.18 Å². The Balaban J connectivity index is 1.54. The predicted octanol–water partition coefficient (Wildman–Crippen LogP) is 3.86. The third-order valence-corrected chi connectivity index (χ3v) is 6.83. The number of nitrogens with zero attached hydrogens (tertiary/aromatic N) is 5. The van der Waals surface area contributed by atoms with Crippen LogP contribution in [0.5, 0.6) is 0 Å². The van der Waals surface area contributed by atoms with Crippen LogP contribution in [-0.2, 0) is 9.53 Å². The Morgan fingerprint density at radius 1 is 1.15 bits per heavy atom. The van der Waals surface area contributed by atoms with Gasteiger partial charge in [-0.15, -0.1) is 10.2 Å². The first kappa shape index (κ1) is 23.3. The van der Waals surface area contributed by atoms with Gasteiger partial charge >= 0.3 is 0 Å². The lowest BCUT2D eigenvalue weighted by atomic mass is 10.1. The normalized spacial score (nSPS) is 14.8. The number of hydrogen-bond acceptors (Lipinski definition) is 6. The number of morpholine rings is 1. The molecule has 1 amide bonds. The van der Waals surface area contributed by atoms with Gasteiger partial charge in [-0.3, -0.25) is 9.36 Å². The van der Waals surface area contributed by atoms with Crippen LogP contribution in [0.4, 0.5) is 10.3 Å². The van der Waals surface area contributed by atoms with Crippen LogP contribution in [0, 0.1) is 12.7 Å². The predicted molar refractivity (Wildman–Crippen MR) is 127 cm³/mol. The second-order valence-electron chi connectivity index (χ2n) is 8.02. The molecule has 1 aliphatic heterocycles. The molecular formula is C24H28FN5O2S. The number of anilines is 1. The van der Waals surface area contributed by atoms with Crippen LogP contribution in [0.2, 0.25) is 0 Å². The Labute approximate surface area is 197 Å². The maximum absolute atomic E-state index is 13.3. The van der Waals surface area contributed by atoms with Crippen LogP contribution < -0.4 is 4.90 Å². The molecule has 3 aromatic rings. The van der Waals surface area contributed by atoms with Gasteiger partial charge in [0.05, 0.1) is 30.7 Å². The highest BCUT2D eigenvalue weighted by Gasteiger charge is 2.24. The summed E-state index contributed by atoms with van der Waals surface area (Å²) in [6.07, 6.45) is 0. The van der Waals surface area contributed by atoms with Gasteiger partial charge in [-0.2, -0.15) is 0 Å². The zero-order chi connectivity index (χ0) is 23.4. The van der Waals surface area contributed by atoms with Gasteiger partial charge in [0.2, 0.25) is 11.9 Å². The molecule has 0 spiro atoms. The van der Waals surface area contributed by atoms with Crippen molar-refractivity contribution < 1.29 is 13.9 Å². The van der Waals surface area contributed by atoms with E-state index in [1.54, 1.807) is 24.1 Å². The molecule has 1 unspecified atom stereocenters. The molecule has 1 atom stereocenters. The van der Waals surface area contributed by atoms with E-state index >= 15 is 0 Å². The van der Waals surface area contributed by atoms with Crippen LogP contribution in [-0.4, -0.2) is 64.7 Å². The number of aromatic nitrogens is 3. The van der Waals surface area contributed by atoms with Gasteiger partial charge in [-0.1, -0.05) is 42.1 Å². The maximum Gasteiger partial charge on any atom is 0.233 e. The minimum atomic E-state index is -0.290. The molecule has 4 rings (SSSR count). The van der Waals surface area contributed by atoms with Crippen molar-refractivity contribution in [3.8, 4) is 5.69 Å². The molecule has 1 saturated heterocycles. The van der Waals surface area contributed by atoms with Gasteiger partial charge in [-0.05, 0) is 43.2 Å². The quantitative estimate of drug-likeness (QED) is 0.490. The average Bonchev–Trinajstić information content (AvgIpc) is 3.26. The van der Waals surface area contributed by atoms with Crippen molar-refractivity contribution in [1.82, 2.24) is 19.7 Å². The van der Waals surface area contributed by atoms with E-state index < -0.39 is 0 Å². The van der Waals surface area contributed by atoms with Gasteiger partial charge in [0.15, 0.2) is 5.16 Å². The Hall–Kier alpha value is -2.91. The molecule has 9 heteroatoms. The fourth-order valence-electron chi connectivity index (χ4n) is 3.76. The lowest BCUT2D eigenvalue weighted by Gasteiger charge is -2.28. The molecule has 174 valence electrons. The van der Waals surface area contributed by atoms with Crippen molar-refractivity contribution in [1.29, 1.82) is 0 Å². The van der Waals surface area contributed by atoms with Gasteiger partial charge in [0.25, 0.3) is 0 Å². The first-order chi connectivity index (χ1) is 16.0. The van der Waals surface area contributed by atoms with E-state index in [0.29, 0.717) is 18.4 Å². The summed E-state index contributed by atoms with van der Waals surface area (Å²) in [5, 5.41) is 9.58. The summed E-state index contributed by atoms with van der Waals surface area (Å²) < 4.78 is 20.8. The van der Waals surface area contributed by atoms with Crippen molar-refractivity contribution in [2.75, 3.05) is 44.0 Å². The Morgan fingerprint density at radius 2 is 1.85 bits per heavy atom. The molecule has 0 aliphatic carbocycles. The summed E-state index contributed by atoms with van der Waals surface area (Å²) in [5.41, 5.74) is 2.98. The zero-order valence-electron chi connectivity index (χ0n) is 19.1. The molecule has 1 aromatic heterocycles. The Kier molecular flexibility index (Phi) is 7.29. The fraction of sp³-hybridized carbons (Fsp3) is 0.375. The van der Waals surface area contributed by atoms with Crippen LogP contribution in [0.15, 0.2) is 53.7 Å². The molecule has 1 fully saturated rings. The molecule has 2 aromatic carbocycles. The van der Waals surface area contributed by atoms with E-state index in [2.05, 4.69) is 28.1 Å². The van der Waals surface area contributed by atoms with E-state index in [1.807, 2.05) is 29.7 Å². The molecule has 0 radical (unpaired) electrons. The number of para-hydroxylation sites is 1. The number of hydrogen-bond donors (Lipinski definition) is 0. The number of carbonyl (C=O) groups excluding carboxylic acids is 1. The summed E-state index contributed by atoms with van der Waals surface area (Å²) in [4.78, 5) is 16.8. The topological polar surface area (TPSA) is 63.5 Å². The number of ether oxygens (including phenoxy) is 1. The minimum Gasteiger partial charge on any atom is -0.378 e. The van der Waals surface area contributed by atoms with Gasteiger partial charge < -0.3 is 14.5 Å². The standard InChI is InChI=1S/C24H28FN5O2S/c1-17-6-4-5-7-21(17)30-23(29-12-14-32-15-13-29)26-27-24(30)33-16-22(31)28(3)18(2)19-8-10-20(25)11-9-19/h4-11,18H,12-16H2,1-3H3. The SMILES string of the molecule is Cc1ccccc1-n1c(SCC(=O)N(C)C(C)c2ccc(F)cc2)nnc1N1CCOCC1. The number of aryl methyl sites for hydroxylation is 1. The summed E-state index contributed by atoms with van der Waals surface area (Å²) in [5.74, 6) is 0.650. The Morgan fingerprint density at radius 3 is 2.55 bits per heavy atom. The first-order valence-corrected chi connectivity index (χ1v) is 11.9. The number of benzene rings is 2. The second-order valence-corrected chi connectivity index (χ2v) is 8.97. The molecule has 33 heavy (non-hydrogen) atoms. The largest absolute Gasteiger partial charge is 0.378 e. The van der Waals surface area contributed by atoms with Crippen LogP contribution >= 0.6 is 11.8 Å². The summed E-state index contributed by atoms with van der Waals surface area (Å²) in [6, 6.07) is 14.2. The van der Waals surface area contributed by atoms with Crippen LogP contribution in [0.25, 0.3) is 5.69 Å². The molecule has 0 saturated carbocycles. The summed E-state index contributed by atoms with van der Waals surface area (Å²) in [6.45, 7) is 6.76. The second kappa shape index (κ2) is 10.4. The molecule has 2 heterocycles. The molecule has 0 bridgehead atoms. The molecule has 7 nitrogen and oxygen atoms in total. The lowest BCUT2D eigenvalue weighted by molar-refractivity contribution is -0.128. The lowest BCUT2D eigenvalue weighted by Crippen LogP contribution is -2.38. The van der Waals surface area contributed by atoms with Gasteiger partial charge in [0, 0.05) is 20.1 Å². The van der Waals surface area contributed by atoms with Gasteiger partial charge in [0.1, 0.15) is 5.82 Å². The number of halogens is 1. The Bertz CT molecular complexity index is 1100. The van der Waals surface area contributed by atoms with Crippen LogP contribution in [0.1, 0.15) is 24.1 Å². The van der Waals surface area contributed by atoms with Crippen molar-refractivity contribution >= 4 is 23.6 Å². The van der Waals surface area contributed by atoms with Crippen molar-refractivity contribution in [3.05, 3.63) is 65.5 Å². The maximum atomic E-state index is 13.3. The average molecular weight is 470 g/mol. The van der Waals surface area contributed by atoms with E-state index in [-0.39, 0.29) is 23.5 Å². The first-order valence-electron chi connectivity index (χ1n) is 10.9. The van der Waals surface area contributed by atoms with Crippen molar-refractivity contribution in [2.24, 2.45) is 0 Å². The molecule has 1 aliphatic rings. The van der Waals surface area contributed by atoms with E-state index in [1.165, 1.54) is 23.9 Å². The highest BCUT2D eigenvalue weighted by atomic mass is 32.2. The molecular weight excluding hydrogens is 441 g/mol. The number of carbonyl (C=O) groups is 1. The number of thioether (sulfide) groups is 1. The number of rotatable bonds is 7. The van der Waals surface area contributed by atoms with Crippen molar-refractivity contribution in [2.45, 2.75) is 25.0 Å². The molecule has 0 N–H and O–H groups in total. The highest BCUT2D eigenvalue weighted by Crippen LogP contribution is 2.29. The summed E-state index contributed by atoms with van der Waals surface area (Å²) >= 11 is 1.37. The van der Waals surface area contributed by atoms with E-state index in [4.69, 9.17) is 4.74 Å². The van der Waals surface area contributed by atoms with Gasteiger partial charge in [-0.25, -0.2) is 4.39 Å². The zero-order valence-corrected chi connectivity index (χ0v) is 19.9. The monoisotopic (exact) mass is 469 g/mol. The van der Waals surface area contributed by atoms with Crippen LogP contribution in [0.3, 0.4) is 0 Å². The third-order valence-electron chi connectivity index (χ3n) is 5.92. The van der Waals surface area contributed by atoms with E-state index in [0.717, 1.165) is 35.9 Å². The highest BCUT2D eigenvalue weighted by molar-refractivity contribution is 7.99. The smallest absolute Gasteiger partial charge is 0.233 e.